The van der Waals surface area contributed by atoms with E-state index in [0.29, 0.717) is 17.1 Å². The van der Waals surface area contributed by atoms with E-state index in [1.165, 1.54) is 17.9 Å². The number of hydrogen-bond donors (Lipinski definition) is 2. The Kier molecular flexibility index (Phi) is 8.60. The maximum atomic E-state index is 12.7. The van der Waals surface area contributed by atoms with Crippen LogP contribution in [0.15, 0.2) is 94.6 Å². The molecule has 10 heteroatoms. The van der Waals surface area contributed by atoms with Crippen LogP contribution in [0, 0.1) is 6.92 Å². The summed E-state index contributed by atoms with van der Waals surface area (Å²) in [5.74, 6) is 1.34. The van der Waals surface area contributed by atoms with Gasteiger partial charge in [-0.15, -0.1) is 0 Å². The van der Waals surface area contributed by atoms with Gasteiger partial charge in [-0.2, -0.15) is 0 Å². The van der Waals surface area contributed by atoms with Gasteiger partial charge in [0.15, 0.2) is 6.23 Å². The topological polar surface area (TPSA) is 121 Å². The van der Waals surface area contributed by atoms with Gasteiger partial charge in [-0.05, 0) is 47.9 Å². The van der Waals surface area contributed by atoms with Crippen LogP contribution in [-0.4, -0.2) is 60.9 Å². The number of methoxy groups -OCH3 is 3. The minimum Gasteiger partial charge on any atom is -0.497 e. The summed E-state index contributed by atoms with van der Waals surface area (Å²) >= 11 is 0. The third-order valence-corrected chi connectivity index (χ3v) is 7.62. The van der Waals surface area contributed by atoms with Crippen molar-refractivity contribution in [1.82, 2.24) is 9.55 Å². The molecule has 5 atom stereocenters. The Balaban J connectivity index is 1.58. The highest BCUT2D eigenvalue weighted by Crippen LogP contribution is 2.43. The van der Waals surface area contributed by atoms with Crippen molar-refractivity contribution in [3.8, 4) is 11.5 Å². The second kappa shape index (κ2) is 12.3. The number of nitrogens with one attached hydrogen (secondary N) is 1. The number of ether oxygens (including phenoxy) is 5. The van der Waals surface area contributed by atoms with E-state index < -0.39 is 41.4 Å². The quantitative estimate of drug-likeness (QED) is 0.277. The summed E-state index contributed by atoms with van der Waals surface area (Å²) in [6, 6.07) is 24.9. The molecule has 4 aromatic rings. The van der Waals surface area contributed by atoms with Gasteiger partial charge in [-0.25, -0.2) is 4.79 Å². The SMILES string of the molecule is COc1ccc(C(OC[C@H]2O[C@@H](n3cc(C)c(=O)[nH]c3=O)C(OC)C2O)(c2ccccc2)c2cccc(OC)c2)cc1. The zero-order valence-corrected chi connectivity index (χ0v) is 23.9. The number of nitrogens with zero attached hydrogens (tertiary/aromatic N) is 1. The number of aromatic amines is 1. The molecule has 10 nitrogen and oxygen atoms in total. The van der Waals surface area contributed by atoms with Crippen LogP contribution in [0.3, 0.4) is 0 Å². The van der Waals surface area contributed by atoms with Crippen LogP contribution in [0.1, 0.15) is 28.5 Å². The van der Waals surface area contributed by atoms with Gasteiger partial charge < -0.3 is 28.8 Å². The van der Waals surface area contributed by atoms with Gasteiger partial charge in [0.25, 0.3) is 5.56 Å². The Morgan fingerprint density at radius 3 is 2.21 bits per heavy atom. The third kappa shape index (κ3) is 5.37. The first-order chi connectivity index (χ1) is 20.3. The number of hydrogen-bond acceptors (Lipinski definition) is 8. The zero-order chi connectivity index (χ0) is 29.9. The number of aryl methyl sites for hydroxylation is 1. The van der Waals surface area contributed by atoms with Crippen molar-refractivity contribution in [2.45, 2.75) is 37.1 Å². The lowest BCUT2D eigenvalue weighted by Crippen LogP contribution is -2.40. The predicted molar refractivity (Wildman–Crippen MR) is 155 cm³/mol. The van der Waals surface area contributed by atoms with Crippen LogP contribution in [-0.2, 0) is 19.8 Å². The molecular weight excluding hydrogens is 540 g/mol. The number of rotatable bonds is 10. The Labute approximate surface area is 243 Å². The Bertz CT molecular complexity index is 1620. The fourth-order valence-corrected chi connectivity index (χ4v) is 5.41. The van der Waals surface area contributed by atoms with Crippen molar-refractivity contribution in [3.05, 3.63) is 128 Å². The van der Waals surface area contributed by atoms with Crippen molar-refractivity contribution in [2.24, 2.45) is 0 Å². The second-order valence-corrected chi connectivity index (χ2v) is 10.1. The number of aliphatic hydroxyl groups is 1. The summed E-state index contributed by atoms with van der Waals surface area (Å²) in [7, 11) is 4.64. The largest absolute Gasteiger partial charge is 0.497 e. The molecule has 1 fully saturated rings. The molecule has 0 radical (unpaired) electrons. The molecule has 0 saturated carbocycles. The first-order valence-corrected chi connectivity index (χ1v) is 13.5. The highest BCUT2D eigenvalue weighted by molar-refractivity contribution is 5.50. The van der Waals surface area contributed by atoms with Gasteiger partial charge in [0.2, 0.25) is 0 Å². The molecule has 220 valence electrons. The molecule has 3 aromatic carbocycles. The highest BCUT2D eigenvalue weighted by atomic mass is 16.6. The lowest BCUT2D eigenvalue weighted by molar-refractivity contribution is -0.0967. The molecule has 0 spiro atoms. The number of H-pyrrole nitrogens is 1. The van der Waals surface area contributed by atoms with E-state index in [-0.39, 0.29) is 6.61 Å². The summed E-state index contributed by atoms with van der Waals surface area (Å²) in [5.41, 5.74) is 0.442. The van der Waals surface area contributed by atoms with Crippen molar-refractivity contribution in [2.75, 3.05) is 27.9 Å². The standard InChI is InChI=1S/C32H34N2O8/c1-20-18-34(31(37)33-29(20)36)30-28(40-4)27(35)26(42-30)19-41-32(21-9-6-5-7-10-21,22-13-15-24(38-2)16-14-22)23-11-8-12-25(17-23)39-3/h5-18,26-28,30,35H,19H2,1-4H3,(H,33,36,37)/t26-,27?,28?,30-,32?/m1/s1. The first kappa shape index (κ1) is 29.3. The van der Waals surface area contributed by atoms with E-state index >= 15 is 0 Å². The van der Waals surface area contributed by atoms with E-state index in [4.69, 9.17) is 23.7 Å². The average molecular weight is 575 g/mol. The van der Waals surface area contributed by atoms with Crippen molar-refractivity contribution in [1.29, 1.82) is 0 Å². The minimum atomic E-state index is -1.16. The van der Waals surface area contributed by atoms with E-state index in [2.05, 4.69) is 4.98 Å². The van der Waals surface area contributed by atoms with Gasteiger partial charge >= 0.3 is 5.69 Å². The molecule has 1 saturated heterocycles. The first-order valence-electron chi connectivity index (χ1n) is 13.5. The van der Waals surface area contributed by atoms with Crippen LogP contribution in [0.2, 0.25) is 0 Å². The monoisotopic (exact) mass is 574 g/mol. The molecule has 1 aromatic heterocycles. The molecule has 2 N–H and O–H groups in total. The Morgan fingerprint density at radius 1 is 0.881 bits per heavy atom. The van der Waals surface area contributed by atoms with Crippen LogP contribution in [0.4, 0.5) is 0 Å². The molecule has 5 rings (SSSR count). The van der Waals surface area contributed by atoms with Crippen molar-refractivity contribution < 1.29 is 28.8 Å². The molecule has 2 heterocycles. The zero-order valence-electron chi connectivity index (χ0n) is 23.9. The number of aromatic nitrogens is 2. The second-order valence-electron chi connectivity index (χ2n) is 10.1. The van der Waals surface area contributed by atoms with E-state index in [1.807, 2.05) is 78.9 Å². The molecule has 0 aliphatic carbocycles. The van der Waals surface area contributed by atoms with E-state index in [1.54, 1.807) is 21.1 Å². The molecule has 1 aliphatic rings. The van der Waals surface area contributed by atoms with E-state index in [0.717, 1.165) is 16.7 Å². The lowest BCUT2D eigenvalue weighted by Gasteiger charge is -2.37. The van der Waals surface area contributed by atoms with Crippen LogP contribution in [0.25, 0.3) is 0 Å². The number of aliphatic hydroxyl groups excluding tert-OH is 1. The lowest BCUT2D eigenvalue weighted by atomic mass is 9.80. The molecule has 0 amide bonds. The van der Waals surface area contributed by atoms with Crippen LogP contribution in [0.5, 0.6) is 11.5 Å². The summed E-state index contributed by atoms with van der Waals surface area (Å²) < 4.78 is 30.9. The normalized spacial score (nSPS) is 21.5. The van der Waals surface area contributed by atoms with Gasteiger partial charge in [0, 0.05) is 18.9 Å². The molecular formula is C32H34N2O8. The van der Waals surface area contributed by atoms with Gasteiger partial charge in [-0.3, -0.25) is 14.3 Å². The summed E-state index contributed by atoms with van der Waals surface area (Å²) in [6.45, 7) is 1.51. The predicted octanol–water partition coefficient (Wildman–Crippen LogP) is 3.14. The third-order valence-electron chi connectivity index (χ3n) is 7.62. The number of benzene rings is 3. The molecule has 3 unspecified atom stereocenters. The maximum absolute atomic E-state index is 12.7. The van der Waals surface area contributed by atoms with Gasteiger partial charge in [0.1, 0.15) is 35.4 Å². The minimum absolute atomic E-state index is 0.0766. The van der Waals surface area contributed by atoms with Crippen LogP contribution < -0.4 is 20.7 Å². The Morgan fingerprint density at radius 2 is 1.55 bits per heavy atom. The summed E-state index contributed by atoms with van der Waals surface area (Å²) in [6.07, 6.45) is -2.52. The average Bonchev–Trinajstić information content (AvgIpc) is 3.34. The fraction of sp³-hybridized carbons (Fsp3) is 0.312. The van der Waals surface area contributed by atoms with E-state index in [9.17, 15) is 14.7 Å². The Hall–Kier alpha value is -4.22. The summed E-state index contributed by atoms with van der Waals surface area (Å²) in [4.78, 5) is 26.9. The molecule has 1 aliphatic heterocycles. The van der Waals surface area contributed by atoms with Gasteiger partial charge in [-0.1, -0.05) is 54.6 Å². The molecule has 42 heavy (non-hydrogen) atoms. The molecule has 0 bridgehead atoms. The van der Waals surface area contributed by atoms with Crippen molar-refractivity contribution >= 4 is 0 Å². The van der Waals surface area contributed by atoms with Crippen LogP contribution >= 0.6 is 0 Å². The smallest absolute Gasteiger partial charge is 0.330 e. The maximum Gasteiger partial charge on any atom is 0.330 e. The fourth-order valence-electron chi connectivity index (χ4n) is 5.41. The summed E-state index contributed by atoms with van der Waals surface area (Å²) in [5, 5.41) is 11.3. The van der Waals surface area contributed by atoms with Crippen molar-refractivity contribution in [3.63, 3.8) is 0 Å². The van der Waals surface area contributed by atoms with Gasteiger partial charge in [0.05, 0.1) is 20.8 Å². The highest BCUT2D eigenvalue weighted by Gasteiger charge is 2.47.